The molecule has 0 saturated carbocycles. The third-order valence-corrected chi connectivity index (χ3v) is 6.06. The van der Waals surface area contributed by atoms with Gasteiger partial charge in [-0.3, -0.25) is 9.69 Å². The number of carbonyl (C=O) groups excluding carboxylic acids is 1. The maximum atomic E-state index is 13.9. The van der Waals surface area contributed by atoms with Gasteiger partial charge in [0.05, 0.1) is 25.8 Å². The summed E-state index contributed by atoms with van der Waals surface area (Å²) in [4.78, 5) is 21.1. The Morgan fingerprint density at radius 1 is 1.21 bits per heavy atom. The van der Waals surface area contributed by atoms with Crippen LogP contribution in [-0.2, 0) is 17.8 Å². The molecule has 2 aromatic carbocycles. The number of rotatable bonds is 8. The minimum Gasteiger partial charge on any atom is -0.496 e. The van der Waals surface area contributed by atoms with Gasteiger partial charge in [0.2, 0.25) is 5.91 Å². The van der Waals surface area contributed by atoms with Gasteiger partial charge in [-0.05, 0) is 32.0 Å². The van der Waals surface area contributed by atoms with E-state index < -0.39 is 0 Å². The standard InChI is InChI=1S/C26H30FN3O3/c1-29(16-20-9-3-5-11-23(20)27)18-25(31)30-13-7-10-21(17-30)26-28-15-22(33-26)14-19-8-4-6-12-24(19)32-2/h3-6,8-9,11-12,15,21H,7,10,13-14,16-18H2,1-2H3/t21-/m0/s1. The number of benzene rings is 2. The van der Waals surface area contributed by atoms with E-state index in [1.807, 2.05) is 47.2 Å². The number of likely N-dealkylation sites (tertiary alicyclic amines) is 1. The van der Waals surface area contributed by atoms with Crippen molar-refractivity contribution in [3.63, 3.8) is 0 Å². The number of oxazole rings is 1. The largest absolute Gasteiger partial charge is 0.496 e. The van der Waals surface area contributed by atoms with Crippen LogP contribution in [0.3, 0.4) is 0 Å². The number of aromatic nitrogens is 1. The second-order valence-corrected chi connectivity index (χ2v) is 8.60. The number of para-hydroxylation sites is 1. The van der Waals surface area contributed by atoms with Crippen LogP contribution in [0.2, 0.25) is 0 Å². The quantitative estimate of drug-likeness (QED) is 0.513. The second-order valence-electron chi connectivity index (χ2n) is 8.60. The second kappa shape index (κ2) is 10.6. The van der Waals surface area contributed by atoms with E-state index in [4.69, 9.17) is 9.15 Å². The first-order chi connectivity index (χ1) is 16.0. The normalized spacial score (nSPS) is 16.2. The summed E-state index contributed by atoms with van der Waals surface area (Å²) in [5.74, 6) is 2.15. The Balaban J connectivity index is 1.34. The Morgan fingerprint density at radius 3 is 2.76 bits per heavy atom. The van der Waals surface area contributed by atoms with Crippen molar-refractivity contribution in [3.05, 3.63) is 83.3 Å². The SMILES string of the molecule is COc1ccccc1Cc1cnc([C@H]2CCCN(C(=O)CN(C)Cc3ccccc3F)C2)o1. The summed E-state index contributed by atoms with van der Waals surface area (Å²) in [6.45, 7) is 1.94. The number of methoxy groups -OCH3 is 1. The summed E-state index contributed by atoms with van der Waals surface area (Å²) in [7, 11) is 3.50. The molecule has 1 saturated heterocycles. The van der Waals surface area contributed by atoms with Gasteiger partial charge in [0.1, 0.15) is 17.3 Å². The van der Waals surface area contributed by atoms with Gasteiger partial charge in [0.25, 0.3) is 0 Å². The van der Waals surface area contributed by atoms with Gasteiger partial charge < -0.3 is 14.1 Å². The number of hydrogen-bond donors (Lipinski definition) is 0. The van der Waals surface area contributed by atoms with Crippen LogP contribution in [-0.4, -0.2) is 54.5 Å². The number of halogens is 1. The third kappa shape index (κ3) is 5.79. The molecule has 7 heteroatoms. The molecular formula is C26H30FN3O3. The van der Waals surface area contributed by atoms with Crippen molar-refractivity contribution in [3.8, 4) is 5.75 Å². The number of nitrogens with zero attached hydrogens (tertiary/aromatic N) is 3. The maximum absolute atomic E-state index is 13.9. The molecule has 0 N–H and O–H groups in total. The predicted molar refractivity (Wildman–Crippen MR) is 124 cm³/mol. The Labute approximate surface area is 194 Å². The fourth-order valence-corrected chi connectivity index (χ4v) is 4.34. The first kappa shape index (κ1) is 23.0. The van der Waals surface area contributed by atoms with Gasteiger partial charge in [-0.2, -0.15) is 0 Å². The maximum Gasteiger partial charge on any atom is 0.236 e. The van der Waals surface area contributed by atoms with Gasteiger partial charge >= 0.3 is 0 Å². The average molecular weight is 452 g/mol. The molecule has 0 bridgehead atoms. The molecule has 1 aromatic heterocycles. The molecule has 1 fully saturated rings. The molecule has 1 atom stereocenters. The zero-order valence-electron chi connectivity index (χ0n) is 19.2. The molecule has 2 heterocycles. The summed E-state index contributed by atoms with van der Waals surface area (Å²) in [5.41, 5.74) is 1.63. The van der Waals surface area contributed by atoms with E-state index in [0.29, 0.717) is 31.0 Å². The summed E-state index contributed by atoms with van der Waals surface area (Å²) in [6, 6.07) is 14.5. The van der Waals surface area contributed by atoms with Crippen LogP contribution in [0, 0.1) is 5.82 Å². The van der Waals surface area contributed by atoms with Crippen molar-refractivity contribution in [1.82, 2.24) is 14.8 Å². The zero-order chi connectivity index (χ0) is 23.2. The molecule has 0 spiro atoms. The highest BCUT2D eigenvalue weighted by Gasteiger charge is 2.28. The van der Waals surface area contributed by atoms with Crippen LogP contribution < -0.4 is 4.74 Å². The fraction of sp³-hybridized carbons (Fsp3) is 0.385. The van der Waals surface area contributed by atoms with Crippen LogP contribution in [0.4, 0.5) is 4.39 Å². The van der Waals surface area contributed by atoms with Gasteiger partial charge in [0.15, 0.2) is 5.89 Å². The molecule has 1 aliphatic heterocycles. The summed E-state index contributed by atoms with van der Waals surface area (Å²) in [5, 5.41) is 0. The number of likely N-dealkylation sites (N-methyl/N-ethyl adjacent to an activating group) is 1. The van der Waals surface area contributed by atoms with Crippen molar-refractivity contribution < 1.29 is 18.3 Å². The molecule has 3 aromatic rings. The Hall–Kier alpha value is -3.19. The summed E-state index contributed by atoms with van der Waals surface area (Å²) in [6.07, 6.45) is 4.21. The number of piperidine rings is 1. The molecule has 6 nitrogen and oxygen atoms in total. The lowest BCUT2D eigenvalue weighted by molar-refractivity contribution is -0.133. The van der Waals surface area contributed by atoms with Crippen molar-refractivity contribution in [2.75, 3.05) is 33.8 Å². The van der Waals surface area contributed by atoms with Gasteiger partial charge in [-0.25, -0.2) is 9.37 Å². The topological polar surface area (TPSA) is 58.8 Å². The lowest BCUT2D eigenvalue weighted by atomic mass is 9.98. The fourth-order valence-electron chi connectivity index (χ4n) is 4.34. The van der Waals surface area contributed by atoms with Crippen molar-refractivity contribution in [2.45, 2.75) is 31.7 Å². The van der Waals surface area contributed by atoms with Gasteiger partial charge in [-0.15, -0.1) is 0 Å². The van der Waals surface area contributed by atoms with E-state index in [0.717, 1.165) is 36.5 Å². The minimum atomic E-state index is -0.248. The molecule has 174 valence electrons. The highest BCUT2D eigenvalue weighted by Crippen LogP contribution is 2.28. The van der Waals surface area contributed by atoms with E-state index in [2.05, 4.69) is 4.98 Å². The first-order valence-electron chi connectivity index (χ1n) is 11.3. The highest BCUT2D eigenvalue weighted by molar-refractivity contribution is 5.78. The minimum absolute atomic E-state index is 0.0411. The van der Waals surface area contributed by atoms with Crippen LogP contribution >= 0.6 is 0 Å². The van der Waals surface area contributed by atoms with Crippen LogP contribution in [0.15, 0.2) is 59.1 Å². The number of carbonyl (C=O) groups is 1. The monoisotopic (exact) mass is 451 g/mol. The molecule has 1 amide bonds. The Morgan fingerprint density at radius 2 is 1.97 bits per heavy atom. The first-order valence-corrected chi connectivity index (χ1v) is 11.3. The predicted octanol–water partition coefficient (Wildman–Crippen LogP) is 4.25. The zero-order valence-corrected chi connectivity index (χ0v) is 19.2. The van der Waals surface area contributed by atoms with Crippen LogP contribution in [0.1, 0.15) is 41.5 Å². The van der Waals surface area contributed by atoms with E-state index >= 15 is 0 Å². The Bertz CT molecular complexity index is 1080. The molecule has 0 radical (unpaired) electrons. The van der Waals surface area contributed by atoms with Crippen molar-refractivity contribution >= 4 is 5.91 Å². The van der Waals surface area contributed by atoms with Gasteiger partial charge in [0, 0.05) is 37.2 Å². The Kier molecular flexibility index (Phi) is 7.40. The molecule has 0 aliphatic carbocycles. The van der Waals surface area contributed by atoms with E-state index in [9.17, 15) is 9.18 Å². The van der Waals surface area contributed by atoms with Crippen LogP contribution in [0.25, 0.3) is 0 Å². The van der Waals surface area contributed by atoms with E-state index in [1.165, 1.54) is 6.07 Å². The van der Waals surface area contributed by atoms with Crippen molar-refractivity contribution in [1.29, 1.82) is 0 Å². The smallest absolute Gasteiger partial charge is 0.236 e. The molecule has 33 heavy (non-hydrogen) atoms. The third-order valence-electron chi connectivity index (χ3n) is 6.06. The summed E-state index contributed by atoms with van der Waals surface area (Å²) >= 11 is 0. The van der Waals surface area contributed by atoms with Gasteiger partial charge in [-0.1, -0.05) is 36.4 Å². The molecule has 1 aliphatic rings. The number of hydrogen-bond acceptors (Lipinski definition) is 5. The molecule has 4 rings (SSSR count). The molecule has 0 unspecified atom stereocenters. The highest BCUT2D eigenvalue weighted by atomic mass is 19.1. The summed E-state index contributed by atoms with van der Waals surface area (Å²) < 4.78 is 25.4. The number of ether oxygens (including phenoxy) is 1. The van der Waals surface area contributed by atoms with E-state index in [-0.39, 0.29) is 24.2 Å². The van der Waals surface area contributed by atoms with E-state index in [1.54, 1.807) is 25.4 Å². The average Bonchev–Trinajstić information content (AvgIpc) is 3.29. The van der Waals surface area contributed by atoms with Crippen molar-refractivity contribution in [2.24, 2.45) is 0 Å². The molecular weight excluding hydrogens is 421 g/mol. The lowest BCUT2D eigenvalue weighted by Gasteiger charge is -2.32. The lowest BCUT2D eigenvalue weighted by Crippen LogP contribution is -2.43. The number of amides is 1. The van der Waals surface area contributed by atoms with Crippen LogP contribution in [0.5, 0.6) is 5.75 Å².